The van der Waals surface area contributed by atoms with Crippen molar-refractivity contribution in [3.63, 3.8) is 0 Å². The highest BCUT2D eigenvalue weighted by molar-refractivity contribution is 8.00. The molecular formula is C19H22N4O2S2. The topological polar surface area (TPSA) is 65.5 Å². The minimum Gasteiger partial charge on any atom is -0.310 e. The van der Waals surface area contributed by atoms with Crippen molar-refractivity contribution in [2.45, 2.75) is 31.2 Å². The first-order valence-electron chi connectivity index (χ1n) is 9.17. The number of hydrogen-bond donors (Lipinski definition) is 1. The number of aromatic nitrogens is 1. The Bertz CT molecular complexity index is 867. The van der Waals surface area contributed by atoms with Gasteiger partial charge in [-0.3, -0.25) is 14.5 Å². The van der Waals surface area contributed by atoms with Gasteiger partial charge in [-0.05, 0) is 18.7 Å². The number of anilines is 2. The summed E-state index contributed by atoms with van der Waals surface area (Å²) in [5, 5.41) is 3.59. The van der Waals surface area contributed by atoms with E-state index in [9.17, 15) is 9.59 Å². The number of nitrogens with one attached hydrogen (secondary N) is 1. The fraction of sp³-hybridized carbons (Fsp3) is 0.421. The molecular weight excluding hydrogens is 380 g/mol. The van der Waals surface area contributed by atoms with E-state index in [4.69, 9.17) is 0 Å². The van der Waals surface area contributed by atoms with Crippen LogP contribution >= 0.6 is 23.1 Å². The number of benzene rings is 1. The minimum absolute atomic E-state index is 0.0517. The fourth-order valence-electron chi connectivity index (χ4n) is 3.37. The lowest BCUT2D eigenvalue weighted by Crippen LogP contribution is -2.37. The summed E-state index contributed by atoms with van der Waals surface area (Å²) in [6.45, 7) is 5.51. The first-order valence-corrected chi connectivity index (χ1v) is 11.0. The van der Waals surface area contributed by atoms with Crippen LogP contribution in [0.5, 0.6) is 0 Å². The van der Waals surface area contributed by atoms with Gasteiger partial charge in [0.1, 0.15) is 0 Å². The summed E-state index contributed by atoms with van der Waals surface area (Å²) < 4.78 is 0. The van der Waals surface area contributed by atoms with Crippen LogP contribution in [0.1, 0.15) is 23.9 Å². The molecule has 1 N–H and O–H groups in total. The normalized spacial score (nSPS) is 16.8. The Labute approximate surface area is 167 Å². The van der Waals surface area contributed by atoms with Gasteiger partial charge in [-0.25, -0.2) is 4.98 Å². The Morgan fingerprint density at radius 3 is 3.04 bits per heavy atom. The van der Waals surface area contributed by atoms with Gasteiger partial charge in [0.05, 0.1) is 17.1 Å². The molecule has 27 heavy (non-hydrogen) atoms. The third kappa shape index (κ3) is 4.02. The zero-order valence-corrected chi connectivity index (χ0v) is 16.9. The molecule has 3 heterocycles. The van der Waals surface area contributed by atoms with E-state index < -0.39 is 0 Å². The van der Waals surface area contributed by atoms with Gasteiger partial charge >= 0.3 is 0 Å². The van der Waals surface area contributed by atoms with Gasteiger partial charge in [0.25, 0.3) is 0 Å². The van der Waals surface area contributed by atoms with Crippen LogP contribution in [-0.2, 0) is 22.6 Å². The number of para-hydroxylation sites is 1. The van der Waals surface area contributed by atoms with Gasteiger partial charge in [0.15, 0.2) is 5.13 Å². The lowest BCUT2D eigenvalue weighted by molar-refractivity contribution is -0.117. The molecule has 2 aliphatic rings. The maximum Gasteiger partial charge on any atom is 0.237 e. The van der Waals surface area contributed by atoms with Crippen LogP contribution in [0.2, 0.25) is 0 Å². The molecule has 0 atom stereocenters. The SMILES string of the molecule is CCN1CCc2nc(NC(=O)CCN3C(=O)CSc4ccccc43)sc2C1. The highest BCUT2D eigenvalue weighted by atomic mass is 32.2. The van der Waals surface area contributed by atoms with Crippen LogP contribution < -0.4 is 10.2 Å². The van der Waals surface area contributed by atoms with E-state index >= 15 is 0 Å². The maximum atomic E-state index is 12.4. The predicted molar refractivity (Wildman–Crippen MR) is 110 cm³/mol. The first kappa shape index (κ1) is 18.5. The molecule has 1 aromatic carbocycles. The Kier molecular flexibility index (Phi) is 5.47. The molecule has 0 fully saturated rings. The van der Waals surface area contributed by atoms with Crippen LogP contribution in [0, 0.1) is 0 Å². The summed E-state index contributed by atoms with van der Waals surface area (Å²) in [6.07, 6.45) is 1.20. The number of fused-ring (bicyclic) bond motifs is 2. The van der Waals surface area contributed by atoms with E-state index in [1.54, 1.807) is 28.0 Å². The first-order chi connectivity index (χ1) is 13.1. The summed E-state index contributed by atoms with van der Waals surface area (Å²) in [5.41, 5.74) is 2.01. The third-order valence-electron chi connectivity index (χ3n) is 4.87. The number of thiazole rings is 1. The minimum atomic E-state index is -0.100. The number of nitrogens with zero attached hydrogens (tertiary/aromatic N) is 3. The number of hydrogen-bond acceptors (Lipinski definition) is 6. The zero-order valence-electron chi connectivity index (χ0n) is 15.2. The highest BCUT2D eigenvalue weighted by Crippen LogP contribution is 2.35. The molecule has 2 aromatic rings. The molecule has 0 aliphatic carbocycles. The molecule has 1 aromatic heterocycles. The number of thioether (sulfide) groups is 1. The van der Waals surface area contributed by atoms with Gasteiger partial charge in [0, 0.05) is 42.2 Å². The highest BCUT2D eigenvalue weighted by Gasteiger charge is 2.25. The van der Waals surface area contributed by atoms with Crippen molar-refractivity contribution in [2.24, 2.45) is 0 Å². The number of likely N-dealkylation sites (N-methyl/N-ethyl adjacent to an activating group) is 1. The third-order valence-corrected chi connectivity index (χ3v) is 6.92. The van der Waals surface area contributed by atoms with E-state index in [0.29, 0.717) is 17.4 Å². The smallest absolute Gasteiger partial charge is 0.237 e. The van der Waals surface area contributed by atoms with E-state index in [1.165, 1.54) is 4.88 Å². The van der Waals surface area contributed by atoms with E-state index in [0.717, 1.165) is 42.3 Å². The predicted octanol–water partition coefficient (Wildman–Crippen LogP) is 2.99. The lowest BCUT2D eigenvalue weighted by atomic mass is 10.2. The summed E-state index contributed by atoms with van der Waals surface area (Å²) >= 11 is 3.12. The standard InChI is InChI=1S/C19H22N4O2S2/c1-2-22-9-7-13-16(11-22)27-19(20-13)21-17(24)8-10-23-14-5-3-4-6-15(14)26-12-18(23)25/h3-6H,2,7-12H2,1H3,(H,20,21,24). The molecule has 8 heteroatoms. The van der Waals surface area contributed by atoms with E-state index in [-0.39, 0.29) is 18.2 Å². The van der Waals surface area contributed by atoms with Crippen molar-refractivity contribution in [1.29, 1.82) is 0 Å². The van der Waals surface area contributed by atoms with Crippen LogP contribution in [0.15, 0.2) is 29.2 Å². The second kappa shape index (κ2) is 8.00. The van der Waals surface area contributed by atoms with Crippen molar-refractivity contribution >= 4 is 45.7 Å². The Hall–Kier alpha value is -1.90. The summed E-state index contributed by atoms with van der Waals surface area (Å²) in [5.74, 6) is 0.374. The Morgan fingerprint density at radius 1 is 1.33 bits per heavy atom. The summed E-state index contributed by atoms with van der Waals surface area (Å²) in [6, 6.07) is 7.84. The van der Waals surface area contributed by atoms with Crippen LogP contribution in [-0.4, -0.2) is 47.1 Å². The van der Waals surface area contributed by atoms with Gasteiger partial charge in [0.2, 0.25) is 11.8 Å². The van der Waals surface area contributed by atoms with Gasteiger partial charge in [-0.15, -0.1) is 23.1 Å². The second-order valence-corrected chi connectivity index (χ2v) is 8.71. The van der Waals surface area contributed by atoms with Gasteiger partial charge in [-0.1, -0.05) is 19.1 Å². The molecule has 0 spiro atoms. The number of carbonyl (C=O) groups is 2. The Morgan fingerprint density at radius 2 is 2.19 bits per heavy atom. The molecule has 142 valence electrons. The number of amides is 2. The molecule has 2 amide bonds. The second-order valence-electron chi connectivity index (χ2n) is 6.61. The largest absolute Gasteiger partial charge is 0.310 e. The summed E-state index contributed by atoms with van der Waals surface area (Å²) in [4.78, 5) is 35.7. The van der Waals surface area contributed by atoms with Crippen molar-refractivity contribution in [2.75, 3.05) is 35.6 Å². The fourth-order valence-corrected chi connectivity index (χ4v) is 5.37. The Balaban J connectivity index is 1.37. The molecule has 0 unspecified atom stereocenters. The average molecular weight is 403 g/mol. The van der Waals surface area contributed by atoms with Gasteiger partial charge in [-0.2, -0.15) is 0 Å². The maximum absolute atomic E-state index is 12.4. The van der Waals surface area contributed by atoms with E-state index in [2.05, 4.69) is 22.1 Å². The van der Waals surface area contributed by atoms with Gasteiger partial charge < -0.3 is 10.2 Å². The van der Waals surface area contributed by atoms with Crippen LogP contribution in [0.4, 0.5) is 10.8 Å². The molecule has 0 saturated heterocycles. The van der Waals surface area contributed by atoms with Crippen molar-refractivity contribution in [3.8, 4) is 0 Å². The average Bonchev–Trinajstić information content (AvgIpc) is 3.08. The van der Waals surface area contributed by atoms with Crippen LogP contribution in [0.25, 0.3) is 0 Å². The number of carbonyl (C=O) groups excluding carboxylic acids is 2. The molecule has 4 rings (SSSR count). The molecule has 0 radical (unpaired) electrons. The zero-order chi connectivity index (χ0) is 18.8. The van der Waals surface area contributed by atoms with Crippen molar-refractivity contribution in [3.05, 3.63) is 34.8 Å². The van der Waals surface area contributed by atoms with Crippen LogP contribution in [0.3, 0.4) is 0 Å². The summed E-state index contributed by atoms with van der Waals surface area (Å²) in [7, 11) is 0. The molecule has 0 bridgehead atoms. The lowest BCUT2D eigenvalue weighted by Gasteiger charge is -2.28. The molecule has 2 aliphatic heterocycles. The molecule has 6 nitrogen and oxygen atoms in total. The molecule has 0 saturated carbocycles. The monoisotopic (exact) mass is 402 g/mol. The number of rotatable bonds is 5. The van der Waals surface area contributed by atoms with Crippen molar-refractivity contribution in [1.82, 2.24) is 9.88 Å². The van der Waals surface area contributed by atoms with Crippen molar-refractivity contribution < 1.29 is 9.59 Å². The van der Waals surface area contributed by atoms with E-state index in [1.807, 2.05) is 24.3 Å². The quantitative estimate of drug-likeness (QED) is 0.833.